The van der Waals surface area contributed by atoms with Gasteiger partial charge in [-0.15, -0.1) is 0 Å². The Morgan fingerprint density at radius 3 is 2.53 bits per heavy atom. The Hall–Kier alpha value is -1.45. The van der Waals surface area contributed by atoms with Gasteiger partial charge in [0.05, 0.1) is 18.9 Å². The van der Waals surface area contributed by atoms with Crippen molar-refractivity contribution in [1.82, 2.24) is 0 Å². The van der Waals surface area contributed by atoms with E-state index in [1.165, 1.54) is 6.26 Å². The van der Waals surface area contributed by atoms with E-state index in [2.05, 4.69) is 0 Å². The van der Waals surface area contributed by atoms with Crippen molar-refractivity contribution in [2.24, 2.45) is 5.73 Å². The molecule has 0 amide bonds. The monoisotopic (exact) mass is 251 g/mol. The lowest BCUT2D eigenvalue weighted by Gasteiger charge is -2.11. The van der Waals surface area contributed by atoms with Gasteiger partial charge in [0.1, 0.15) is 5.75 Å². The molecule has 1 unspecified atom stereocenters. The molecule has 90 valence electrons. The Morgan fingerprint density at radius 1 is 1.29 bits per heavy atom. The van der Waals surface area contributed by atoms with Crippen LogP contribution < -0.4 is 10.5 Å². The molecular formula is C13H14ClNO2. The smallest absolute Gasteiger partial charge is 0.198 e. The zero-order valence-electron chi connectivity index (χ0n) is 9.52. The van der Waals surface area contributed by atoms with Crippen molar-refractivity contribution < 1.29 is 9.15 Å². The van der Waals surface area contributed by atoms with Crippen LogP contribution in [0.25, 0.3) is 0 Å². The number of rotatable bonds is 4. The summed E-state index contributed by atoms with van der Waals surface area (Å²) in [5.74, 6) is 0.835. The predicted octanol–water partition coefficient (Wildman–Crippen LogP) is 3.38. The van der Waals surface area contributed by atoms with Crippen LogP contribution in [0.3, 0.4) is 0 Å². The average Bonchev–Trinajstić information content (AvgIpc) is 2.76. The van der Waals surface area contributed by atoms with E-state index in [0.717, 1.165) is 16.9 Å². The van der Waals surface area contributed by atoms with E-state index in [9.17, 15) is 0 Å². The van der Waals surface area contributed by atoms with Crippen LogP contribution in [-0.2, 0) is 0 Å². The maximum Gasteiger partial charge on any atom is 0.198 e. The number of hydrogen-bond acceptors (Lipinski definition) is 3. The molecule has 0 fully saturated rings. The highest BCUT2D eigenvalue weighted by molar-refractivity contribution is 6.29. The second-order valence-corrected chi connectivity index (χ2v) is 3.97. The van der Waals surface area contributed by atoms with Crippen molar-refractivity contribution in [1.29, 1.82) is 0 Å². The van der Waals surface area contributed by atoms with Crippen LogP contribution in [0.1, 0.15) is 24.1 Å². The first-order chi connectivity index (χ1) is 8.22. The zero-order valence-corrected chi connectivity index (χ0v) is 10.3. The predicted molar refractivity (Wildman–Crippen MR) is 67.4 cm³/mol. The summed E-state index contributed by atoms with van der Waals surface area (Å²) in [6.07, 6.45) is 1.53. The van der Waals surface area contributed by atoms with Gasteiger partial charge in [-0.05, 0) is 42.3 Å². The van der Waals surface area contributed by atoms with E-state index in [-0.39, 0.29) is 6.04 Å². The SMILES string of the molecule is CCOc1ccc(C(N)c2ccoc2Cl)cc1. The summed E-state index contributed by atoms with van der Waals surface area (Å²) in [5.41, 5.74) is 7.86. The lowest BCUT2D eigenvalue weighted by atomic mass is 10.0. The fourth-order valence-electron chi connectivity index (χ4n) is 1.64. The molecule has 4 heteroatoms. The van der Waals surface area contributed by atoms with Crippen molar-refractivity contribution in [2.45, 2.75) is 13.0 Å². The summed E-state index contributed by atoms with van der Waals surface area (Å²) in [6.45, 7) is 2.60. The molecule has 1 aromatic carbocycles. The molecular weight excluding hydrogens is 238 g/mol. The Labute approximate surface area is 105 Å². The molecule has 0 spiro atoms. The first-order valence-electron chi connectivity index (χ1n) is 5.43. The van der Waals surface area contributed by atoms with Crippen LogP contribution in [0.5, 0.6) is 5.75 Å². The van der Waals surface area contributed by atoms with Crippen molar-refractivity contribution >= 4 is 11.6 Å². The third kappa shape index (κ3) is 2.62. The second kappa shape index (κ2) is 5.25. The molecule has 0 radical (unpaired) electrons. The molecule has 0 bridgehead atoms. The molecule has 1 atom stereocenters. The van der Waals surface area contributed by atoms with Crippen molar-refractivity contribution in [3.05, 3.63) is 52.9 Å². The number of hydrogen-bond donors (Lipinski definition) is 1. The number of nitrogens with two attached hydrogens (primary N) is 1. The van der Waals surface area contributed by atoms with E-state index in [4.69, 9.17) is 26.5 Å². The minimum atomic E-state index is -0.281. The summed E-state index contributed by atoms with van der Waals surface area (Å²) in [6, 6.07) is 9.15. The van der Waals surface area contributed by atoms with Crippen LogP contribution in [-0.4, -0.2) is 6.61 Å². The Bertz CT molecular complexity index is 478. The highest BCUT2D eigenvalue weighted by Gasteiger charge is 2.14. The maximum atomic E-state index is 6.10. The van der Waals surface area contributed by atoms with E-state index in [1.807, 2.05) is 31.2 Å². The number of ether oxygens (including phenoxy) is 1. The summed E-state index contributed by atoms with van der Waals surface area (Å²) in [4.78, 5) is 0. The summed E-state index contributed by atoms with van der Waals surface area (Å²) in [7, 11) is 0. The summed E-state index contributed by atoms with van der Waals surface area (Å²) in [5, 5.41) is 0.339. The zero-order chi connectivity index (χ0) is 12.3. The Balaban J connectivity index is 2.20. The molecule has 0 aliphatic rings. The standard InChI is InChI=1S/C13H14ClNO2/c1-2-16-10-5-3-9(4-6-10)12(15)11-7-8-17-13(11)14/h3-8,12H,2,15H2,1H3. The molecule has 2 N–H and O–H groups in total. The van der Waals surface area contributed by atoms with Gasteiger partial charge < -0.3 is 14.9 Å². The van der Waals surface area contributed by atoms with Gasteiger partial charge in [0.25, 0.3) is 0 Å². The van der Waals surface area contributed by atoms with Crippen LogP contribution in [0, 0.1) is 0 Å². The van der Waals surface area contributed by atoms with Crippen LogP contribution >= 0.6 is 11.6 Å². The first kappa shape index (κ1) is 12.0. The number of halogens is 1. The average molecular weight is 252 g/mol. The largest absolute Gasteiger partial charge is 0.494 e. The van der Waals surface area contributed by atoms with Gasteiger partial charge in [0, 0.05) is 5.56 Å². The third-order valence-corrected chi connectivity index (χ3v) is 2.84. The lowest BCUT2D eigenvalue weighted by Crippen LogP contribution is -2.11. The fraction of sp³-hybridized carbons (Fsp3) is 0.231. The van der Waals surface area contributed by atoms with Gasteiger partial charge in [-0.1, -0.05) is 12.1 Å². The minimum Gasteiger partial charge on any atom is -0.494 e. The maximum absolute atomic E-state index is 6.10. The highest BCUT2D eigenvalue weighted by Crippen LogP contribution is 2.28. The number of furan rings is 1. The Kier molecular flexibility index (Phi) is 3.71. The van der Waals surface area contributed by atoms with Gasteiger partial charge >= 0.3 is 0 Å². The van der Waals surface area contributed by atoms with Gasteiger partial charge in [0.15, 0.2) is 5.22 Å². The van der Waals surface area contributed by atoms with Gasteiger partial charge in [-0.2, -0.15) is 0 Å². The van der Waals surface area contributed by atoms with Crippen LogP contribution in [0.15, 0.2) is 41.0 Å². The third-order valence-electron chi connectivity index (χ3n) is 2.53. The number of benzene rings is 1. The van der Waals surface area contributed by atoms with Gasteiger partial charge in [-0.3, -0.25) is 0 Å². The van der Waals surface area contributed by atoms with Crippen molar-refractivity contribution in [3.63, 3.8) is 0 Å². The molecule has 0 saturated carbocycles. The summed E-state index contributed by atoms with van der Waals surface area (Å²) >= 11 is 5.89. The quantitative estimate of drug-likeness (QED) is 0.906. The van der Waals surface area contributed by atoms with E-state index >= 15 is 0 Å². The molecule has 1 aromatic heterocycles. The van der Waals surface area contributed by atoms with Gasteiger partial charge in [-0.25, -0.2) is 0 Å². The Morgan fingerprint density at radius 2 is 2.00 bits per heavy atom. The molecule has 3 nitrogen and oxygen atoms in total. The normalized spacial score (nSPS) is 12.4. The van der Waals surface area contributed by atoms with Crippen LogP contribution in [0.2, 0.25) is 5.22 Å². The van der Waals surface area contributed by atoms with E-state index in [1.54, 1.807) is 6.07 Å². The minimum absolute atomic E-state index is 0.281. The molecule has 0 aliphatic carbocycles. The topological polar surface area (TPSA) is 48.4 Å². The second-order valence-electron chi connectivity index (χ2n) is 3.63. The molecule has 0 saturated heterocycles. The van der Waals surface area contributed by atoms with E-state index < -0.39 is 0 Å². The van der Waals surface area contributed by atoms with Crippen molar-refractivity contribution in [2.75, 3.05) is 6.61 Å². The molecule has 17 heavy (non-hydrogen) atoms. The molecule has 2 aromatic rings. The van der Waals surface area contributed by atoms with Crippen LogP contribution in [0.4, 0.5) is 0 Å². The molecule has 1 heterocycles. The van der Waals surface area contributed by atoms with Crippen molar-refractivity contribution in [3.8, 4) is 5.75 Å². The molecule has 0 aliphatic heterocycles. The van der Waals surface area contributed by atoms with Gasteiger partial charge in [0.2, 0.25) is 0 Å². The summed E-state index contributed by atoms with van der Waals surface area (Å²) < 4.78 is 10.4. The fourth-order valence-corrected chi connectivity index (χ4v) is 1.88. The highest BCUT2D eigenvalue weighted by atomic mass is 35.5. The molecule has 2 rings (SSSR count). The lowest BCUT2D eigenvalue weighted by molar-refractivity contribution is 0.340. The van der Waals surface area contributed by atoms with E-state index in [0.29, 0.717) is 11.8 Å². The first-order valence-corrected chi connectivity index (χ1v) is 5.81.